The predicted molar refractivity (Wildman–Crippen MR) is 39.3 cm³/mol. The first-order valence-electron chi connectivity index (χ1n) is 3.52. The van der Waals surface area contributed by atoms with Crippen molar-refractivity contribution in [1.82, 2.24) is 0 Å². The molecule has 11 heavy (non-hydrogen) atoms. The molecule has 1 fully saturated rings. The third-order valence-electron chi connectivity index (χ3n) is 1.50. The van der Waals surface area contributed by atoms with Crippen molar-refractivity contribution in [3.05, 3.63) is 0 Å². The molecule has 1 N–H and O–H groups in total. The first kappa shape index (κ1) is 14.6. The number of hydrogen-bond donors (Lipinski definition) is 1. The standard InChI is InChI=1S/C6H12.Na.H2O3S/c1-2-4-6-5-3-1;;1-4(2)3/h1-6H2;;(H2,1,2,3)/q;+1;/p-1. The molecular formula is C6H13NaO3S. The van der Waals surface area contributed by atoms with Crippen LogP contribution in [0.2, 0.25) is 0 Å². The quantitative estimate of drug-likeness (QED) is 0.379. The Labute approximate surface area is 92.4 Å². The summed E-state index contributed by atoms with van der Waals surface area (Å²) in [7, 11) is 0. The average Bonchev–Trinajstić information content (AvgIpc) is 1.90. The predicted octanol–water partition coefficient (Wildman–Crippen LogP) is -1.32. The summed E-state index contributed by atoms with van der Waals surface area (Å²) >= 11 is -2.86. The number of hydrogen-bond acceptors (Lipinski definition) is 2. The second-order valence-corrected chi connectivity index (χ2v) is 2.77. The van der Waals surface area contributed by atoms with Crippen LogP contribution in [0.15, 0.2) is 0 Å². The second-order valence-electron chi connectivity index (χ2n) is 2.34. The van der Waals surface area contributed by atoms with Crippen molar-refractivity contribution in [2.45, 2.75) is 38.5 Å². The summed E-state index contributed by atoms with van der Waals surface area (Å²) in [6.45, 7) is 0. The molecule has 0 aromatic rings. The minimum atomic E-state index is -2.86. The van der Waals surface area contributed by atoms with Gasteiger partial charge < -0.3 is 9.11 Å². The Morgan fingerprint density at radius 1 is 1.00 bits per heavy atom. The van der Waals surface area contributed by atoms with Gasteiger partial charge in [0.05, 0.1) is 11.4 Å². The molecule has 62 valence electrons. The van der Waals surface area contributed by atoms with Gasteiger partial charge in [0.15, 0.2) is 0 Å². The van der Waals surface area contributed by atoms with Crippen LogP contribution in [-0.4, -0.2) is 13.3 Å². The third-order valence-corrected chi connectivity index (χ3v) is 1.50. The smallest absolute Gasteiger partial charge is 0.750 e. The van der Waals surface area contributed by atoms with Crippen LogP contribution in [0.4, 0.5) is 0 Å². The molecule has 5 heteroatoms. The maximum Gasteiger partial charge on any atom is 1.00 e. The zero-order chi connectivity index (χ0) is 7.82. The van der Waals surface area contributed by atoms with Gasteiger partial charge in [-0.25, -0.2) is 4.21 Å². The molecule has 1 rings (SSSR count). The molecule has 1 aliphatic rings. The molecule has 0 radical (unpaired) electrons. The summed E-state index contributed by atoms with van der Waals surface area (Å²) in [5.41, 5.74) is 0. The molecule has 0 spiro atoms. The Kier molecular flexibility index (Phi) is 14.7. The Hall–Kier alpha value is 1.07. The van der Waals surface area contributed by atoms with E-state index in [-0.39, 0.29) is 29.6 Å². The van der Waals surface area contributed by atoms with Crippen LogP contribution in [-0.2, 0) is 11.4 Å². The largest absolute Gasteiger partial charge is 1.00 e. The minimum Gasteiger partial charge on any atom is -0.750 e. The monoisotopic (exact) mass is 188 g/mol. The van der Waals surface area contributed by atoms with Gasteiger partial charge in [-0.15, -0.1) is 0 Å². The van der Waals surface area contributed by atoms with Crippen LogP contribution in [0, 0.1) is 0 Å². The molecule has 3 nitrogen and oxygen atoms in total. The van der Waals surface area contributed by atoms with E-state index in [1.807, 2.05) is 0 Å². The fourth-order valence-electron chi connectivity index (χ4n) is 1.06. The van der Waals surface area contributed by atoms with Gasteiger partial charge in [-0.05, 0) is 0 Å². The fraction of sp³-hybridized carbons (Fsp3) is 1.00. The maximum absolute atomic E-state index is 8.56. The Balaban J connectivity index is 0. The zero-order valence-electron chi connectivity index (χ0n) is 6.91. The summed E-state index contributed by atoms with van der Waals surface area (Å²) < 4.78 is 24.1. The van der Waals surface area contributed by atoms with Gasteiger partial charge in [-0.1, -0.05) is 38.5 Å². The van der Waals surface area contributed by atoms with E-state index in [1.54, 1.807) is 0 Å². The summed E-state index contributed by atoms with van der Waals surface area (Å²) in [6.07, 6.45) is 9.00. The normalized spacial score (nSPS) is 18.7. The van der Waals surface area contributed by atoms with Crippen LogP contribution in [0.25, 0.3) is 0 Å². The van der Waals surface area contributed by atoms with Crippen LogP contribution in [0.1, 0.15) is 38.5 Å². The van der Waals surface area contributed by atoms with Gasteiger partial charge in [-0.2, -0.15) is 0 Å². The first-order valence-corrected chi connectivity index (χ1v) is 4.55. The summed E-state index contributed by atoms with van der Waals surface area (Å²) in [6, 6.07) is 0. The first-order chi connectivity index (χ1) is 4.73. The van der Waals surface area contributed by atoms with Crippen LogP contribution >= 0.6 is 0 Å². The molecule has 1 unspecified atom stereocenters. The van der Waals surface area contributed by atoms with E-state index in [4.69, 9.17) is 13.3 Å². The molecule has 0 aromatic carbocycles. The van der Waals surface area contributed by atoms with Crippen molar-refractivity contribution in [2.75, 3.05) is 0 Å². The third kappa shape index (κ3) is 18.2. The Bertz CT molecular complexity index is 80.3. The van der Waals surface area contributed by atoms with Crippen molar-refractivity contribution in [2.24, 2.45) is 0 Å². The van der Waals surface area contributed by atoms with Gasteiger partial charge in [0.25, 0.3) is 0 Å². The molecule has 0 aromatic heterocycles. The summed E-state index contributed by atoms with van der Waals surface area (Å²) in [4.78, 5) is 0. The summed E-state index contributed by atoms with van der Waals surface area (Å²) in [5.74, 6) is 0. The van der Waals surface area contributed by atoms with Crippen LogP contribution in [0.3, 0.4) is 0 Å². The van der Waals surface area contributed by atoms with Crippen LogP contribution < -0.4 is 29.6 Å². The topological polar surface area (TPSA) is 60.4 Å². The fourth-order valence-corrected chi connectivity index (χ4v) is 1.06. The van der Waals surface area contributed by atoms with Crippen molar-refractivity contribution >= 4 is 11.4 Å². The molecular weight excluding hydrogens is 175 g/mol. The Morgan fingerprint density at radius 3 is 1.18 bits per heavy atom. The van der Waals surface area contributed by atoms with Crippen molar-refractivity contribution in [3.63, 3.8) is 0 Å². The molecule has 0 amide bonds. The van der Waals surface area contributed by atoms with Gasteiger partial charge >= 0.3 is 29.6 Å². The SMILES string of the molecule is C1CCCCC1.O=S([O-])O.[Na+]. The molecule has 1 saturated carbocycles. The zero-order valence-corrected chi connectivity index (χ0v) is 9.73. The van der Waals surface area contributed by atoms with E-state index in [1.165, 1.54) is 38.5 Å². The molecule has 0 bridgehead atoms. The van der Waals surface area contributed by atoms with Gasteiger partial charge in [0.1, 0.15) is 0 Å². The van der Waals surface area contributed by atoms with Gasteiger partial charge in [-0.3, -0.25) is 0 Å². The minimum absolute atomic E-state index is 0. The van der Waals surface area contributed by atoms with E-state index in [0.717, 1.165) is 0 Å². The molecule has 1 aliphatic carbocycles. The van der Waals surface area contributed by atoms with Crippen molar-refractivity contribution in [3.8, 4) is 0 Å². The van der Waals surface area contributed by atoms with E-state index >= 15 is 0 Å². The maximum atomic E-state index is 8.56. The molecule has 0 saturated heterocycles. The van der Waals surface area contributed by atoms with E-state index in [9.17, 15) is 0 Å². The second kappa shape index (κ2) is 11.1. The average molecular weight is 188 g/mol. The van der Waals surface area contributed by atoms with E-state index in [2.05, 4.69) is 0 Å². The van der Waals surface area contributed by atoms with E-state index < -0.39 is 11.4 Å². The summed E-state index contributed by atoms with van der Waals surface area (Å²) in [5, 5.41) is 0. The molecule has 0 heterocycles. The van der Waals surface area contributed by atoms with Crippen LogP contribution in [0.5, 0.6) is 0 Å². The van der Waals surface area contributed by atoms with E-state index in [0.29, 0.717) is 0 Å². The molecule has 1 atom stereocenters. The molecule has 0 aliphatic heterocycles. The van der Waals surface area contributed by atoms with Crippen molar-refractivity contribution < 1.29 is 42.9 Å². The Morgan fingerprint density at radius 2 is 1.09 bits per heavy atom. The number of rotatable bonds is 0. The van der Waals surface area contributed by atoms with Gasteiger partial charge in [0.2, 0.25) is 0 Å². The van der Waals surface area contributed by atoms with Gasteiger partial charge in [0, 0.05) is 0 Å². The van der Waals surface area contributed by atoms with Crippen molar-refractivity contribution in [1.29, 1.82) is 0 Å².